The van der Waals surface area contributed by atoms with Crippen molar-refractivity contribution in [1.29, 1.82) is 0 Å². The Kier molecular flexibility index (Phi) is 6.13. The molecule has 1 aromatic heterocycles. The Morgan fingerprint density at radius 2 is 1.79 bits per heavy atom. The number of hydrogen-bond donors (Lipinski definition) is 1. The van der Waals surface area contributed by atoms with Crippen molar-refractivity contribution in [2.24, 2.45) is 0 Å². The molecule has 1 N–H and O–H groups in total. The number of hydrogen-bond acceptors (Lipinski definition) is 6. The van der Waals surface area contributed by atoms with E-state index in [1.807, 2.05) is 19.9 Å². The summed E-state index contributed by atoms with van der Waals surface area (Å²) < 4.78 is 40.9. The third-order valence-corrected chi connectivity index (χ3v) is 6.27. The van der Waals surface area contributed by atoms with Crippen LogP contribution in [-0.4, -0.2) is 61.4 Å². The van der Waals surface area contributed by atoms with Crippen LogP contribution in [0, 0.1) is 19.7 Å². The summed E-state index contributed by atoms with van der Waals surface area (Å²) in [5.74, 6) is 0.299. The molecule has 0 unspecified atom stereocenters. The van der Waals surface area contributed by atoms with Crippen LogP contribution in [0.3, 0.4) is 0 Å². The first-order valence-corrected chi connectivity index (χ1v) is 10.8. The summed E-state index contributed by atoms with van der Waals surface area (Å²) in [5, 5.41) is 0. The minimum Gasteiger partial charge on any atom is -0.353 e. The van der Waals surface area contributed by atoms with Gasteiger partial charge in [0.05, 0.1) is 6.04 Å². The fraction of sp³-hybridized carbons (Fsp3) is 0.421. The summed E-state index contributed by atoms with van der Waals surface area (Å²) in [6, 6.07) is 5.96. The number of nitrogens with one attached hydrogen (secondary N) is 1. The SMILES string of the molecule is Cc1cc(N2CCN(C(=O)[C@H](C)NS(=O)(=O)c3ccccc3F)CC2)nc(C)n1. The molecule has 1 saturated heterocycles. The van der Waals surface area contributed by atoms with E-state index < -0.39 is 26.8 Å². The zero-order valence-corrected chi connectivity index (χ0v) is 17.4. The Labute approximate surface area is 169 Å². The largest absolute Gasteiger partial charge is 0.353 e. The third-order valence-electron chi connectivity index (χ3n) is 4.70. The van der Waals surface area contributed by atoms with Crippen LogP contribution >= 0.6 is 0 Å². The number of carbonyl (C=O) groups excluding carboxylic acids is 1. The van der Waals surface area contributed by atoms with E-state index >= 15 is 0 Å². The van der Waals surface area contributed by atoms with Gasteiger partial charge in [-0.25, -0.2) is 22.8 Å². The third kappa shape index (κ3) is 4.88. The first kappa shape index (κ1) is 21.1. The summed E-state index contributed by atoms with van der Waals surface area (Å²) in [4.78, 5) is 24.6. The number of rotatable bonds is 5. The van der Waals surface area contributed by atoms with Crippen molar-refractivity contribution in [1.82, 2.24) is 19.6 Å². The highest BCUT2D eigenvalue weighted by molar-refractivity contribution is 7.89. The lowest BCUT2D eigenvalue weighted by Gasteiger charge is -2.36. The molecule has 2 aromatic rings. The second-order valence-corrected chi connectivity index (χ2v) is 8.68. The van der Waals surface area contributed by atoms with Gasteiger partial charge < -0.3 is 9.80 Å². The van der Waals surface area contributed by atoms with Crippen LogP contribution in [0.2, 0.25) is 0 Å². The number of aromatic nitrogens is 2. The molecule has 1 aromatic carbocycles. The molecule has 1 aliphatic heterocycles. The smallest absolute Gasteiger partial charge is 0.244 e. The molecule has 0 radical (unpaired) electrons. The predicted molar refractivity (Wildman–Crippen MR) is 106 cm³/mol. The van der Waals surface area contributed by atoms with E-state index in [9.17, 15) is 17.6 Å². The molecule has 10 heteroatoms. The minimum atomic E-state index is -4.14. The van der Waals surface area contributed by atoms with Crippen LogP contribution in [-0.2, 0) is 14.8 Å². The summed E-state index contributed by atoms with van der Waals surface area (Å²) >= 11 is 0. The maximum absolute atomic E-state index is 13.8. The van der Waals surface area contributed by atoms with E-state index in [1.165, 1.54) is 25.1 Å². The summed E-state index contributed by atoms with van der Waals surface area (Å²) in [7, 11) is -4.14. The van der Waals surface area contributed by atoms with E-state index in [4.69, 9.17) is 0 Å². The normalized spacial score (nSPS) is 16.0. The zero-order chi connectivity index (χ0) is 21.2. The Morgan fingerprint density at radius 3 is 2.41 bits per heavy atom. The van der Waals surface area contributed by atoms with E-state index in [2.05, 4.69) is 19.6 Å². The second kappa shape index (κ2) is 8.42. The fourth-order valence-electron chi connectivity index (χ4n) is 3.30. The topological polar surface area (TPSA) is 95.5 Å². The van der Waals surface area contributed by atoms with Crippen LogP contribution in [0.1, 0.15) is 18.4 Å². The van der Waals surface area contributed by atoms with Gasteiger partial charge in [-0.15, -0.1) is 0 Å². The average Bonchev–Trinajstić information content (AvgIpc) is 2.66. The lowest BCUT2D eigenvalue weighted by molar-refractivity contribution is -0.132. The molecule has 156 valence electrons. The number of aryl methyl sites for hydroxylation is 2. The van der Waals surface area contributed by atoms with E-state index in [1.54, 1.807) is 4.90 Å². The number of halogens is 1. The molecule has 0 bridgehead atoms. The molecule has 0 spiro atoms. The van der Waals surface area contributed by atoms with Crippen molar-refractivity contribution in [3.63, 3.8) is 0 Å². The van der Waals surface area contributed by atoms with Crippen molar-refractivity contribution in [2.45, 2.75) is 31.7 Å². The van der Waals surface area contributed by atoms with Crippen LogP contribution in [0.25, 0.3) is 0 Å². The number of carbonyl (C=O) groups is 1. The average molecular weight is 421 g/mol. The molecular weight excluding hydrogens is 397 g/mol. The fourth-order valence-corrected chi connectivity index (χ4v) is 4.57. The lowest BCUT2D eigenvalue weighted by atomic mass is 10.2. The van der Waals surface area contributed by atoms with Gasteiger partial charge in [0, 0.05) is 37.9 Å². The number of anilines is 1. The monoisotopic (exact) mass is 421 g/mol. The lowest BCUT2D eigenvalue weighted by Crippen LogP contribution is -2.54. The molecule has 0 aliphatic carbocycles. The molecule has 1 amide bonds. The Morgan fingerprint density at radius 1 is 1.14 bits per heavy atom. The molecule has 1 atom stereocenters. The van der Waals surface area contributed by atoms with E-state index in [-0.39, 0.29) is 5.91 Å². The molecular formula is C19H24FN5O3S. The number of piperazine rings is 1. The number of amides is 1. The van der Waals surface area contributed by atoms with Crippen LogP contribution < -0.4 is 9.62 Å². The number of benzene rings is 1. The van der Waals surface area contributed by atoms with Gasteiger partial charge in [0.1, 0.15) is 22.4 Å². The highest BCUT2D eigenvalue weighted by Gasteiger charge is 2.29. The van der Waals surface area contributed by atoms with Crippen molar-refractivity contribution >= 4 is 21.7 Å². The Hall–Kier alpha value is -2.59. The van der Waals surface area contributed by atoms with Crippen LogP contribution in [0.4, 0.5) is 10.2 Å². The molecule has 3 rings (SSSR count). The van der Waals surface area contributed by atoms with Crippen molar-refractivity contribution in [2.75, 3.05) is 31.1 Å². The van der Waals surface area contributed by atoms with Crippen LogP contribution in [0.15, 0.2) is 35.2 Å². The highest BCUT2D eigenvalue weighted by atomic mass is 32.2. The summed E-state index contributed by atoms with van der Waals surface area (Å²) in [6.45, 7) is 7.23. The summed E-state index contributed by atoms with van der Waals surface area (Å²) in [5.41, 5.74) is 0.877. The maximum Gasteiger partial charge on any atom is 0.244 e. The molecule has 2 heterocycles. The second-order valence-electron chi connectivity index (χ2n) is 7.00. The van der Waals surface area contributed by atoms with E-state index in [0.29, 0.717) is 32.0 Å². The summed E-state index contributed by atoms with van der Waals surface area (Å²) in [6.07, 6.45) is 0. The van der Waals surface area contributed by atoms with Crippen molar-refractivity contribution < 1.29 is 17.6 Å². The molecule has 1 aliphatic rings. The van der Waals surface area contributed by atoms with Gasteiger partial charge in [-0.2, -0.15) is 4.72 Å². The van der Waals surface area contributed by atoms with Gasteiger partial charge in [-0.3, -0.25) is 4.79 Å². The molecule has 29 heavy (non-hydrogen) atoms. The van der Waals surface area contributed by atoms with Crippen molar-refractivity contribution in [3.8, 4) is 0 Å². The Bertz CT molecular complexity index is 986. The highest BCUT2D eigenvalue weighted by Crippen LogP contribution is 2.17. The van der Waals surface area contributed by atoms with Gasteiger partial charge in [0.25, 0.3) is 0 Å². The number of sulfonamides is 1. The maximum atomic E-state index is 13.8. The van der Waals surface area contributed by atoms with E-state index in [0.717, 1.165) is 17.6 Å². The first-order valence-electron chi connectivity index (χ1n) is 9.30. The Balaban J connectivity index is 1.62. The molecule has 8 nitrogen and oxygen atoms in total. The van der Waals surface area contributed by atoms with Crippen LogP contribution in [0.5, 0.6) is 0 Å². The van der Waals surface area contributed by atoms with Gasteiger partial charge in [0.15, 0.2) is 0 Å². The predicted octanol–water partition coefficient (Wildman–Crippen LogP) is 1.25. The van der Waals surface area contributed by atoms with Crippen molar-refractivity contribution in [3.05, 3.63) is 47.7 Å². The van der Waals surface area contributed by atoms with Gasteiger partial charge >= 0.3 is 0 Å². The minimum absolute atomic E-state index is 0.348. The van der Waals surface area contributed by atoms with Gasteiger partial charge in [-0.05, 0) is 32.9 Å². The first-order chi connectivity index (χ1) is 13.7. The quantitative estimate of drug-likeness (QED) is 0.781. The molecule has 0 saturated carbocycles. The number of nitrogens with zero attached hydrogens (tertiary/aromatic N) is 4. The standard InChI is InChI=1S/C19H24FN5O3S/c1-13-12-18(22-15(3)21-13)24-8-10-25(11-9-24)19(26)14(2)23-29(27,28)17-7-5-4-6-16(17)20/h4-7,12,14,23H,8-11H2,1-3H3/t14-/m0/s1. The zero-order valence-electron chi connectivity index (χ0n) is 16.6. The van der Waals surface area contributed by atoms with Gasteiger partial charge in [-0.1, -0.05) is 12.1 Å². The molecule has 1 fully saturated rings. The van der Waals surface area contributed by atoms with Gasteiger partial charge in [0.2, 0.25) is 15.9 Å².